The molecule has 0 amide bonds. The van der Waals surface area contributed by atoms with Gasteiger partial charge in [0.15, 0.2) is 0 Å². The first-order valence-electron chi connectivity index (χ1n) is 8.49. The standard InChI is InChI=1S/C16H32N2S2/c1-17(15-9-5-3-6-10-15)19-13-14-20-18(2)16-11-7-4-8-12-16/h15-16H,3-14H2,1-2H3. The van der Waals surface area contributed by atoms with E-state index in [-0.39, 0.29) is 0 Å². The summed E-state index contributed by atoms with van der Waals surface area (Å²) in [5, 5.41) is 0. The molecule has 2 saturated carbocycles. The Labute approximate surface area is 134 Å². The van der Waals surface area contributed by atoms with E-state index in [0.717, 1.165) is 12.1 Å². The molecule has 0 aromatic heterocycles. The van der Waals surface area contributed by atoms with Crippen LogP contribution in [0.15, 0.2) is 0 Å². The largest absolute Gasteiger partial charge is 0.251 e. The van der Waals surface area contributed by atoms with Gasteiger partial charge in [-0.3, -0.25) is 8.61 Å². The van der Waals surface area contributed by atoms with Crippen molar-refractivity contribution < 1.29 is 0 Å². The highest BCUT2D eigenvalue weighted by Gasteiger charge is 2.19. The van der Waals surface area contributed by atoms with Gasteiger partial charge in [0.1, 0.15) is 0 Å². The van der Waals surface area contributed by atoms with Gasteiger partial charge in [0.05, 0.1) is 0 Å². The molecule has 0 saturated heterocycles. The van der Waals surface area contributed by atoms with Crippen LogP contribution in [0.2, 0.25) is 0 Å². The van der Waals surface area contributed by atoms with Gasteiger partial charge in [-0.05, 0) is 39.8 Å². The van der Waals surface area contributed by atoms with Crippen LogP contribution in [-0.2, 0) is 0 Å². The molecule has 0 aromatic rings. The Kier molecular flexibility index (Phi) is 8.15. The molecule has 4 heteroatoms. The number of hydrogen-bond acceptors (Lipinski definition) is 4. The molecule has 2 rings (SSSR count). The van der Waals surface area contributed by atoms with Crippen molar-refractivity contribution in [2.75, 3.05) is 25.6 Å². The lowest BCUT2D eigenvalue weighted by Gasteiger charge is -2.31. The lowest BCUT2D eigenvalue weighted by atomic mass is 9.96. The second kappa shape index (κ2) is 9.60. The Morgan fingerprint density at radius 1 is 0.650 bits per heavy atom. The summed E-state index contributed by atoms with van der Waals surface area (Å²) >= 11 is 4.11. The van der Waals surface area contributed by atoms with Gasteiger partial charge in [-0.2, -0.15) is 0 Å². The molecule has 0 spiro atoms. The van der Waals surface area contributed by atoms with Crippen LogP contribution in [0.1, 0.15) is 64.2 Å². The van der Waals surface area contributed by atoms with E-state index in [1.54, 1.807) is 0 Å². The molecule has 0 radical (unpaired) electrons. The monoisotopic (exact) mass is 316 g/mol. The Bertz CT molecular complexity index is 225. The Hall–Kier alpha value is 0.620. The lowest BCUT2D eigenvalue weighted by molar-refractivity contribution is 0.304. The van der Waals surface area contributed by atoms with Gasteiger partial charge >= 0.3 is 0 Å². The van der Waals surface area contributed by atoms with Gasteiger partial charge < -0.3 is 0 Å². The van der Waals surface area contributed by atoms with Crippen molar-refractivity contribution in [3.8, 4) is 0 Å². The SMILES string of the molecule is CN(SCCSN(C)C1CCCCC1)C1CCCCC1. The molecule has 0 atom stereocenters. The zero-order chi connectivity index (χ0) is 14.2. The molecule has 0 N–H and O–H groups in total. The molecule has 0 bridgehead atoms. The van der Waals surface area contributed by atoms with E-state index in [0.29, 0.717) is 0 Å². The van der Waals surface area contributed by atoms with Crippen LogP contribution in [0.3, 0.4) is 0 Å². The summed E-state index contributed by atoms with van der Waals surface area (Å²) in [7, 11) is 4.60. The van der Waals surface area contributed by atoms with Crippen molar-refractivity contribution >= 4 is 23.9 Å². The van der Waals surface area contributed by atoms with Crippen LogP contribution in [0.5, 0.6) is 0 Å². The molecule has 2 aliphatic rings. The quantitative estimate of drug-likeness (QED) is 0.491. The summed E-state index contributed by atoms with van der Waals surface area (Å²) < 4.78 is 5.08. The molecule has 118 valence electrons. The van der Waals surface area contributed by atoms with Crippen LogP contribution in [0.4, 0.5) is 0 Å². The molecule has 0 aromatic carbocycles. The van der Waals surface area contributed by atoms with Crippen molar-refractivity contribution in [3.05, 3.63) is 0 Å². The summed E-state index contributed by atoms with van der Waals surface area (Å²) in [5.41, 5.74) is 0. The summed E-state index contributed by atoms with van der Waals surface area (Å²) in [4.78, 5) is 0. The molecule has 20 heavy (non-hydrogen) atoms. The van der Waals surface area contributed by atoms with E-state index in [1.807, 2.05) is 0 Å². The topological polar surface area (TPSA) is 6.48 Å². The van der Waals surface area contributed by atoms with E-state index >= 15 is 0 Å². The summed E-state index contributed by atoms with van der Waals surface area (Å²) in [6, 6.07) is 1.68. The minimum Gasteiger partial charge on any atom is -0.251 e. The maximum atomic E-state index is 2.54. The van der Waals surface area contributed by atoms with Crippen molar-refractivity contribution in [1.29, 1.82) is 0 Å². The number of hydrogen-bond donors (Lipinski definition) is 0. The van der Waals surface area contributed by atoms with E-state index in [1.165, 1.54) is 75.7 Å². The summed E-state index contributed by atoms with van der Waals surface area (Å²) in [6.07, 6.45) is 14.3. The smallest absolute Gasteiger partial charge is 0.0199 e. The Morgan fingerprint density at radius 3 is 1.35 bits per heavy atom. The average Bonchev–Trinajstić information content (AvgIpc) is 2.53. The highest BCUT2D eigenvalue weighted by Crippen LogP contribution is 2.28. The van der Waals surface area contributed by atoms with Gasteiger partial charge in [0.2, 0.25) is 0 Å². The van der Waals surface area contributed by atoms with Crippen LogP contribution in [0, 0.1) is 0 Å². The predicted molar refractivity (Wildman–Crippen MR) is 94.2 cm³/mol. The van der Waals surface area contributed by atoms with Crippen LogP contribution in [-0.4, -0.2) is 46.3 Å². The van der Waals surface area contributed by atoms with Gasteiger partial charge in [0.25, 0.3) is 0 Å². The maximum Gasteiger partial charge on any atom is 0.0199 e. The fourth-order valence-electron chi connectivity index (χ4n) is 3.46. The number of rotatable bonds is 7. The molecule has 2 aliphatic carbocycles. The predicted octanol–water partition coefficient (Wildman–Crippen LogP) is 4.81. The lowest BCUT2D eigenvalue weighted by Crippen LogP contribution is -2.29. The molecule has 0 heterocycles. The minimum atomic E-state index is 0.842. The summed E-state index contributed by atoms with van der Waals surface area (Å²) in [6.45, 7) is 0. The minimum absolute atomic E-state index is 0.842. The van der Waals surface area contributed by atoms with Crippen molar-refractivity contribution in [3.63, 3.8) is 0 Å². The average molecular weight is 317 g/mol. The van der Waals surface area contributed by atoms with E-state index in [2.05, 4.69) is 46.6 Å². The first kappa shape index (κ1) is 17.0. The second-order valence-electron chi connectivity index (χ2n) is 6.34. The third-order valence-electron chi connectivity index (χ3n) is 4.85. The van der Waals surface area contributed by atoms with Crippen molar-refractivity contribution in [1.82, 2.24) is 8.61 Å². The van der Waals surface area contributed by atoms with Gasteiger partial charge in [-0.25, -0.2) is 0 Å². The zero-order valence-corrected chi connectivity index (χ0v) is 15.0. The molecule has 0 aliphatic heterocycles. The molecule has 0 unspecified atom stereocenters. The van der Waals surface area contributed by atoms with Crippen molar-refractivity contribution in [2.45, 2.75) is 76.3 Å². The van der Waals surface area contributed by atoms with E-state index in [9.17, 15) is 0 Å². The third-order valence-corrected chi connectivity index (χ3v) is 7.29. The van der Waals surface area contributed by atoms with Gasteiger partial charge in [-0.1, -0.05) is 62.4 Å². The normalized spacial score (nSPS) is 22.8. The Balaban J connectivity index is 1.53. The van der Waals surface area contributed by atoms with Gasteiger partial charge in [0, 0.05) is 23.6 Å². The Morgan fingerprint density at radius 2 is 1.00 bits per heavy atom. The first-order chi connectivity index (χ1) is 9.77. The van der Waals surface area contributed by atoms with E-state index in [4.69, 9.17) is 0 Å². The molecule has 2 fully saturated rings. The second-order valence-corrected chi connectivity index (χ2v) is 8.83. The van der Waals surface area contributed by atoms with Gasteiger partial charge in [-0.15, -0.1) is 0 Å². The highest BCUT2D eigenvalue weighted by molar-refractivity contribution is 8.00. The van der Waals surface area contributed by atoms with Crippen LogP contribution < -0.4 is 0 Å². The van der Waals surface area contributed by atoms with Crippen molar-refractivity contribution in [2.24, 2.45) is 0 Å². The van der Waals surface area contributed by atoms with Crippen LogP contribution >= 0.6 is 23.9 Å². The van der Waals surface area contributed by atoms with E-state index < -0.39 is 0 Å². The third kappa shape index (κ3) is 5.78. The fraction of sp³-hybridized carbons (Fsp3) is 1.00. The molecular weight excluding hydrogens is 284 g/mol. The zero-order valence-electron chi connectivity index (χ0n) is 13.4. The first-order valence-corrected chi connectivity index (χ1v) is 10.4. The summed E-state index contributed by atoms with van der Waals surface area (Å²) in [5.74, 6) is 2.52. The number of nitrogens with zero attached hydrogens (tertiary/aromatic N) is 2. The maximum absolute atomic E-state index is 2.54. The highest BCUT2D eigenvalue weighted by atomic mass is 32.2. The molecule has 2 nitrogen and oxygen atoms in total. The fourth-order valence-corrected chi connectivity index (χ4v) is 5.48. The molecular formula is C16H32N2S2. The van der Waals surface area contributed by atoms with Crippen LogP contribution in [0.25, 0.3) is 0 Å².